The highest BCUT2D eigenvalue weighted by molar-refractivity contribution is 4.57. The van der Waals surface area contributed by atoms with Gasteiger partial charge < -0.3 is 0 Å². The first-order valence-electron chi connectivity index (χ1n) is 10.1. The van der Waals surface area contributed by atoms with Gasteiger partial charge in [-0.3, -0.25) is 0 Å². The van der Waals surface area contributed by atoms with E-state index in [4.69, 9.17) is 9.78 Å². The average molecular weight is 315 g/mol. The molecule has 0 saturated carbocycles. The Bertz CT molecular complexity index is 184. The molecule has 0 amide bonds. The van der Waals surface area contributed by atoms with Gasteiger partial charge in [0, 0.05) is 0 Å². The van der Waals surface area contributed by atoms with E-state index in [2.05, 4.69) is 27.7 Å². The Kier molecular flexibility index (Phi) is 17.2. The van der Waals surface area contributed by atoms with Crippen LogP contribution in [0.5, 0.6) is 0 Å². The number of rotatable bonds is 17. The van der Waals surface area contributed by atoms with E-state index in [9.17, 15) is 0 Å². The summed E-state index contributed by atoms with van der Waals surface area (Å²) in [6.45, 7) is 8.93. The standard InChI is InChI=1S/C20H42O2/c1-5-9-11-13-15-17-19(7-3)21-22-20(8-4)18-16-14-12-10-6-2/h19-20H,5-18H2,1-4H3. The first kappa shape index (κ1) is 21.9. The van der Waals surface area contributed by atoms with Crippen molar-refractivity contribution in [1.29, 1.82) is 0 Å². The van der Waals surface area contributed by atoms with Crippen molar-refractivity contribution < 1.29 is 9.78 Å². The van der Waals surface area contributed by atoms with Crippen LogP contribution in [0.1, 0.15) is 118 Å². The van der Waals surface area contributed by atoms with Crippen molar-refractivity contribution in [3.8, 4) is 0 Å². The molecule has 0 aliphatic rings. The Morgan fingerprint density at radius 1 is 0.500 bits per heavy atom. The van der Waals surface area contributed by atoms with Crippen LogP contribution < -0.4 is 0 Å². The van der Waals surface area contributed by atoms with Crippen LogP contribution in [0, 0.1) is 0 Å². The summed E-state index contributed by atoms with van der Waals surface area (Å²) in [5.41, 5.74) is 0. The summed E-state index contributed by atoms with van der Waals surface area (Å²) < 4.78 is 0. The molecule has 0 aromatic rings. The molecule has 0 radical (unpaired) electrons. The minimum atomic E-state index is 0.288. The lowest BCUT2D eigenvalue weighted by Crippen LogP contribution is -2.19. The van der Waals surface area contributed by atoms with Gasteiger partial charge in [0.25, 0.3) is 0 Å². The maximum absolute atomic E-state index is 5.73. The molecule has 0 N–H and O–H groups in total. The molecule has 0 aliphatic carbocycles. The Morgan fingerprint density at radius 2 is 0.864 bits per heavy atom. The van der Waals surface area contributed by atoms with Crippen molar-refractivity contribution in [2.24, 2.45) is 0 Å². The van der Waals surface area contributed by atoms with Gasteiger partial charge in [-0.15, -0.1) is 0 Å². The third-order valence-electron chi connectivity index (χ3n) is 4.50. The fourth-order valence-electron chi connectivity index (χ4n) is 2.75. The molecule has 22 heavy (non-hydrogen) atoms. The first-order chi connectivity index (χ1) is 10.8. The van der Waals surface area contributed by atoms with Crippen molar-refractivity contribution >= 4 is 0 Å². The molecule has 2 heteroatoms. The summed E-state index contributed by atoms with van der Waals surface area (Å²) in [7, 11) is 0. The second kappa shape index (κ2) is 17.3. The van der Waals surface area contributed by atoms with E-state index >= 15 is 0 Å². The molecule has 0 aromatic carbocycles. The molecular formula is C20H42O2. The summed E-state index contributed by atoms with van der Waals surface area (Å²) in [5.74, 6) is 0. The van der Waals surface area contributed by atoms with Crippen molar-refractivity contribution in [2.75, 3.05) is 0 Å². The second-order valence-corrected chi connectivity index (χ2v) is 6.66. The van der Waals surface area contributed by atoms with Crippen LogP contribution in [0.3, 0.4) is 0 Å². The Balaban J connectivity index is 3.68. The number of unbranched alkanes of at least 4 members (excludes halogenated alkanes) is 8. The molecule has 0 aromatic heterocycles. The number of hydrogen-bond acceptors (Lipinski definition) is 2. The third-order valence-corrected chi connectivity index (χ3v) is 4.50. The van der Waals surface area contributed by atoms with E-state index in [-0.39, 0.29) is 12.2 Å². The highest BCUT2D eigenvalue weighted by Crippen LogP contribution is 2.16. The molecule has 0 fully saturated rings. The minimum Gasteiger partial charge on any atom is -0.233 e. The van der Waals surface area contributed by atoms with Crippen LogP contribution in [-0.2, 0) is 9.78 Å². The summed E-state index contributed by atoms with van der Waals surface area (Å²) in [5, 5.41) is 0. The van der Waals surface area contributed by atoms with Crippen LogP contribution in [-0.4, -0.2) is 12.2 Å². The quantitative estimate of drug-likeness (QED) is 0.160. The molecule has 0 aliphatic heterocycles. The predicted octanol–water partition coefficient (Wildman–Crippen LogP) is 7.21. The van der Waals surface area contributed by atoms with Crippen LogP contribution in [0.25, 0.3) is 0 Å². The van der Waals surface area contributed by atoms with Crippen molar-refractivity contribution in [2.45, 2.75) is 130 Å². The molecule has 2 atom stereocenters. The molecule has 134 valence electrons. The molecule has 0 rings (SSSR count). The van der Waals surface area contributed by atoms with E-state index in [1.165, 1.54) is 64.2 Å². The van der Waals surface area contributed by atoms with Gasteiger partial charge in [0.2, 0.25) is 0 Å². The van der Waals surface area contributed by atoms with Gasteiger partial charge in [0.15, 0.2) is 0 Å². The predicted molar refractivity (Wildman–Crippen MR) is 97.1 cm³/mol. The van der Waals surface area contributed by atoms with Gasteiger partial charge in [-0.25, -0.2) is 9.78 Å². The van der Waals surface area contributed by atoms with Crippen molar-refractivity contribution in [3.05, 3.63) is 0 Å². The summed E-state index contributed by atoms with van der Waals surface area (Å²) in [4.78, 5) is 11.5. The van der Waals surface area contributed by atoms with E-state index < -0.39 is 0 Å². The summed E-state index contributed by atoms with van der Waals surface area (Å²) in [6.07, 6.45) is 18.3. The Hall–Kier alpha value is -0.0800. The van der Waals surface area contributed by atoms with Gasteiger partial charge in [-0.2, -0.15) is 0 Å². The van der Waals surface area contributed by atoms with Crippen molar-refractivity contribution in [3.63, 3.8) is 0 Å². The van der Waals surface area contributed by atoms with Crippen molar-refractivity contribution in [1.82, 2.24) is 0 Å². The molecule has 0 spiro atoms. The van der Waals surface area contributed by atoms with Crippen LogP contribution in [0.15, 0.2) is 0 Å². The lowest BCUT2D eigenvalue weighted by Gasteiger charge is -2.20. The van der Waals surface area contributed by atoms with Crippen LogP contribution >= 0.6 is 0 Å². The van der Waals surface area contributed by atoms with Gasteiger partial charge >= 0.3 is 0 Å². The van der Waals surface area contributed by atoms with E-state index in [1.807, 2.05) is 0 Å². The largest absolute Gasteiger partial charge is 0.233 e. The minimum absolute atomic E-state index is 0.288. The van der Waals surface area contributed by atoms with Gasteiger partial charge in [0.05, 0.1) is 12.2 Å². The fraction of sp³-hybridized carbons (Fsp3) is 1.00. The average Bonchev–Trinajstić information content (AvgIpc) is 2.55. The maximum Gasteiger partial charge on any atom is 0.0927 e. The van der Waals surface area contributed by atoms with Gasteiger partial charge in [0.1, 0.15) is 0 Å². The Labute approximate surface area is 140 Å². The molecule has 0 heterocycles. The summed E-state index contributed by atoms with van der Waals surface area (Å²) in [6, 6.07) is 0. The first-order valence-corrected chi connectivity index (χ1v) is 10.1. The maximum atomic E-state index is 5.73. The molecule has 2 nitrogen and oxygen atoms in total. The molecule has 0 saturated heterocycles. The molecule has 0 bridgehead atoms. The monoisotopic (exact) mass is 314 g/mol. The molecule has 2 unspecified atom stereocenters. The zero-order chi connectivity index (χ0) is 16.5. The highest BCUT2D eigenvalue weighted by Gasteiger charge is 2.12. The zero-order valence-corrected chi connectivity index (χ0v) is 15.9. The topological polar surface area (TPSA) is 18.5 Å². The third kappa shape index (κ3) is 13.6. The van der Waals surface area contributed by atoms with E-state index in [1.54, 1.807) is 0 Å². The summed E-state index contributed by atoms with van der Waals surface area (Å²) >= 11 is 0. The van der Waals surface area contributed by atoms with Crippen LogP contribution in [0.4, 0.5) is 0 Å². The lowest BCUT2D eigenvalue weighted by atomic mass is 10.1. The SMILES string of the molecule is CCCCCCCC(CC)OOC(CC)CCCCCCC. The fourth-order valence-corrected chi connectivity index (χ4v) is 2.75. The lowest BCUT2D eigenvalue weighted by molar-refractivity contribution is -0.353. The zero-order valence-electron chi connectivity index (χ0n) is 15.9. The Morgan fingerprint density at radius 3 is 1.18 bits per heavy atom. The van der Waals surface area contributed by atoms with E-state index in [0.717, 1.165) is 25.7 Å². The van der Waals surface area contributed by atoms with Gasteiger partial charge in [-0.05, 0) is 25.7 Å². The number of hydrogen-bond donors (Lipinski definition) is 0. The normalized spacial score (nSPS) is 14.2. The highest BCUT2D eigenvalue weighted by atomic mass is 17.2. The smallest absolute Gasteiger partial charge is 0.0927 e. The second-order valence-electron chi connectivity index (χ2n) is 6.66. The van der Waals surface area contributed by atoms with Crippen LogP contribution in [0.2, 0.25) is 0 Å². The molecular weight excluding hydrogens is 272 g/mol. The van der Waals surface area contributed by atoms with Gasteiger partial charge in [-0.1, -0.05) is 91.9 Å². The van der Waals surface area contributed by atoms with E-state index in [0.29, 0.717) is 0 Å².